The Kier molecular flexibility index (Phi) is 6.97. The minimum Gasteiger partial charge on any atom is -1.00 e. The van der Waals surface area contributed by atoms with Gasteiger partial charge in [0.1, 0.15) is 0 Å². The first-order chi connectivity index (χ1) is 2.00. The van der Waals surface area contributed by atoms with E-state index in [1.54, 1.807) is 0 Å². The van der Waals surface area contributed by atoms with Crippen molar-refractivity contribution in [2.45, 2.75) is 0 Å². The molecule has 0 aromatic heterocycles. The Morgan fingerprint density at radius 1 is 1.67 bits per heavy atom. The van der Waals surface area contributed by atoms with Crippen molar-refractivity contribution in [3.05, 3.63) is 0 Å². The maximum Gasteiger partial charge on any atom is 2.00 e. The van der Waals surface area contributed by atoms with Crippen LogP contribution in [0.5, 0.6) is 0 Å². The Hall–Kier alpha value is 1.92. The van der Waals surface area contributed by atoms with Gasteiger partial charge in [-0.2, -0.15) is 0 Å². The van der Waals surface area contributed by atoms with Gasteiger partial charge in [0.05, 0.1) is 0 Å². The molecule has 3 nitrogen and oxygen atoms in total. The Morgan fingerprint density at radius 3 is 1.67 bits per heavy atom. The first kappa shape index (κ1) is 10.8. The Labute approximate surface area is 79.9 Å². The monoisotopic (exact) mass is 206 g/mol. The maximum absolute atomic E-state index is 9.09. The molecule has 0 unspecified atom stereocenters. The van der Waals surface area contributed by atoms with Crippen LogP contribution in [0.3, 0.4) is 0 Å². The van der Waals surface area contributed by atoms with Gasteiger partial charge in [-0.1, -0.05) is 0 Å². The van der Waals surface area contributed by atoms with Gasteiger partial charge in [0.2, 0.25) is 0 Å². The van der Waals surface area contributed by atoms with E-state index in [2.05, 4.69) is 11.2 Å². The predicted octanol–water partition coefficient (Wildman–Crippen LogP) is 0.162. The molecular formula is H4ClO3PSr. The molecule has 0 aliphatic heterocycles. The van der Waals surface area contributed by atoms with Crippen LogP contribution in [0, 0.1) is 0 Å². The fourth-order valence-electron chi connectivity index (χ4n) is 0. The summed E-state index contributed by atoms with van der Waals surface area (Å²) in [5.41, 5.74) is 0. The molecule has 0 radical (unpaired) electrons. The van der Waals surface area contributed by atoms with E-state index in [0.29, 0.717) is 0 Å². The molecule has 0 rings (SSSR count). The first-order valence-electron chi connectivity index (χ1n) is 0.752. The Morgan fingerprint density at radius 2 is 1.67 bits per heavy atom. The molecule has 0 spiro atoms. The molecule has 0 aliphatic carbocycles. The number of hydrogen-bond donors (Lipinski definition) is 2. The van der Waals surface area contributed by atoms with E-state index in [-0.39, 0.29) is 48.3 Å². The molecule has 0 aromatic carbocycles. The molecule has 0 amide bonds. The zero-order chi connectivity index (χ0) is 4.50. The van der Waals surface area contributed by atoms with Crippen LogP contribution in [0.4, 0.5) is 0 Å². The summed E-state index contributed by atoms with van der Waals surface area (Å²) in [7, 11) is 0. The molecule has 6 heteroatoms. The third-order valence-electron chi connectivity index (χ3n) is 0. The van der Waals surface area contributed by atoms with Gasteiger partial charge in [-0.15, -0.1) is 0 Å². The number of halogens is 1. The zero-order valence-corrected chi connectivity index (χ0v) is 7.96. The molecule has 0 aliphatic rings. The molecule has 36 valence electrons. The van der Waals surface area contributed by atoms with Crippen molar-refractivity contribution in [3.63, 3.8) is 0 Å². The smallest absolute Gasteiger partial charge is 1.00 e. The van der Waals surface area contributed by atoms with Crippen molar-refractivity contribution in [1.82, 2.24) is 0 Å². The van der Waals surface area contributed by atoms with Crippen LogP contribution in [0.1, 0.15) is 2.85 Å². The van der Waals surface area contributed by atoms with Crippen molar-refractivity contribution in [1.29, 1.82) is 0 Å². The first-order valence-corrected chi connectivity index (χ1v) is 3.27. The van der Waals surface area contributed by atoms with Crippen LogP contribution < -0.4 is 0 Å². The van der Waals surface area contributed by atoms with Crippen LogP contribution in [0.25, 0.3) is 0 Å². The molecule has 2 N–H and O–H groups in total. The van der Waals surface area contributed by atoms with Crippen molar-refractivity contribution in [2.75, 3.05) is 0 Å². The summed E-state index contributed by atoms with van der Waals surface area (Å²) in [5.74, 6) is 0. The van der Waals surface area contributed by atoms with Gasteiger partial charge in [0.15, 0.2) is 0 Å². The third kappa shape index (κ3) is 38.9. The van der Waals surface area contributed by atoms with Crippen molar-refractivity contribution < 1.29 is 17.2 Å². The summed E-state index contributed by atoms with van der Waals surface area (Å²) in [5, 5.41) is 0. The van der Waals surface area contributed by atoms with E-state index in [4.69, 9.17) is 14.4 Å². The van der Waals surface area contributed by atoms with Crippen molar-refractivity contribution in [2.24, 2.45) is 0 Å². The average Bonchev–Trinajstić information content (AvgIpc) is 0.722. The Bertz CT molecular complexity index is 63.4. The van der Waals surface area contributed by atoms with E-state index in [9.17, 15) is 0 Å². The molecule has 0 saturated heterocycles. The number of rotatable bonds is 0. The van der Waals surface area contributed by atoms with Crippen LogP contribution in [0.2, 0.25) is 0 Å². The van der Waals surface area contributed by atoms with Gasteiger partial charge in [-0.25, -0.2) is 4.57 Å². The molecule has 6 heavy (non-hydrogen) atoms. The second-order valence-electron chi connectivity index (χ2n) is 0.473. The van der Waals surface area contributed by atoms with Gasteiger partial charge < -0.3 is 12.6 Å². The summed E-state index contributed by atoms with van der Waals surface area (Å²) in [4.78, 5) is 14.8. The molecule has 0 atom stereocenters. The van der Waals surface area contributed by atoms with E-state index >= 15 is 0 Å². The zero-order valence-electron chi connectivity index (χ0n) is 4.83. The topological polar surface area (TPSA) is 57.5 Å². The maximum atomic E-state index is 9.09. The molecule has 0 fully saturated rings. The number of hydrogen-bond acceptors (Lipinski definition) is 1. The normalized spacial score (nSPS) is 9.83. The van der Waals surface area contributed by atoms with Crippen LogP contribution in [-0.2, 0) is 4.57 Å². The molecular weight excluding hydrogens is 202 g/mol. The largest absolute Gasteiger partial charge is 2.00 e. The Balaban J connectivity index is -0.0000000267. The van der Waals surface area contributed by atoms with Gasteiger partial charge in [0, 0.05) is 11.2 Å². The summed E-state index contributed by atoms with van der Waals surface area (Å²) >= 11 is 4.20. The summed E-state index contributed by atoms with van der Waals surface area (Å²) in [6.07, 6.45) is 0. The van der Waals surface area contributed by atoms with Crippen molar-refractivity contribution in [3.8, 4) is 0 Å². The van der Waals surface area contributed by atoms with Gasteiger partial charge in [0.25, 0.3) is 0 Å². The standard InChI is InChI=1S/ClH2O3P.Sr.2H/c1-5(2,3)4;;;/h(H2,2,3,4);;;/q;+2;2*-1. The van der Waals surface area contributed by atoms with Crippen LogP contribution >= 0.6 is 18.2 Å². The third-order valence-corrected chi connectivity index (χ3v) is 0. The van der Waals surface area contributed by atoms with E-state index in [1.807, 2.05) is 0 Å². The summed E-state index contributed by atoms with van der Waals surface area (Å²) < 4.78 is 9.09. The van der Waals surface area contributed by atoms with E-state index in [0.717, 1.165) is 0 Å². The molecule has 0 bridgehead atoms. The fraction of sp³-hybridized carbons (Fsp3) is 0. The molecule has 0 heterocycles. The summed E-state index contributed by atoms with van der Waals surface area (Å²) in [6.45, 7) is -4.17. The van der Waals surface area contributed by atoms with Crippen LogP contribution in [-0.4, -0.2) is 55.3 Å². The molecule has 0 saturated carbocycles. The minimum absolute atomic E-state index is 0. The van der Waals surface area contributed by atoms with Crippen LogP contribution in [0.15, 0.2) is 0 Å². The van der Waals surface area contributed by atoms with E-state index in [1.165, 1.54) is 0 Å². The predicted molar refractivity (Wildman–Crippen MR) is 25.9 cm³/mol. The van der Waals surface area contributed by atoms with Gasteiger partial charge in [-0.05, 0) is 0 Å². The van der Waals surface area contributed by atoms with Gasteiger partial charge >= 0.3 is 52.4 Å². The quantitative estimate of drug-likeness (QED) is 0.438. The summed E-state index contributed by atoms with van der Waals surface area (Å²) in [6, 6.07) is 0. The average molecular weight is 206 g/mol. The van der Waals surface area contributed by atoms with E-state index < -0.39 is 6.95 Å². The fourth-order valence-corrected chi connectivity index (χ4v) is 0. The minimum atomic E-state index is -4.17. The van der Waals surface area contributed by atoms with Crippen molar-refractivity contribution >= 4 is 63.7 Å². The SMILES string of the molecule is O=P(O)(O)Cl.[H-].[H-].[Sr+2]. The second kappa shape index (κ2) is 3.87. The molecule has 0 aromatic rings. The second-order valence-corrected chi connectivity index (χ2v) is 2.74. The van der Waals surface area contributed by atoms with Gasteiger partial charge in [-0.3, -0.25) is 0 Å².